The van der Waals surface area contributed by atoms with Crippen LogP contribution in [0.1, 0.15) is 12.7 Å². The largest absolute Gasteiger partial charge is 0.296 e. The average molecular weight is 629 g/mol. The Hall–Kier alpha value is -4.95. The summed E-state index contributed by atoms with van der Waals surface area (Å²) in [5.41, 5.74) is 9.42. The number of aryl methyl sites for hydroxylation is 1. The van der Waals surface area contributed by atoms with Gasteiger partial charge in [-0.05, 0) is 85.3 Å². The maximum Gasteiger partial charge on any atom is 0.114 e. The molecule has 220 valence electrons. The molecule has 10 heteroatoms. The highest BCUT2D eigenvalue weighted by atomic mass is 15.1. The normalized spacial score (nSPS) is 11.5. The fourth-order valence-electron chi connectivity index (χ4n) is 7.41. The molecule has 2 nitrogen and oxygen atoms in total. The highest BCUT2D eigenvalue weighted by Crippen LogP contribution is 2.42. The van der Waals surface area contributed by atoms with Gasteiger partial charge in [-0.1, -0.05) is 102 Å². The number of nitrogens with zero attached hydrogens (tertiary/aromatic N) is 2. The van der Waals surface area contributed by atoms with E-state index in [4.69, 9.17) is 67.8 Å². The molecule has 0 aliphatic carbocycles. The smallest absolute Gasteiger partial charge is 0.114 e. The van der Waals surface area contributed by atoms with E-state index in [1.165, 1.54) is 0 Å². The Morgan fingerprint density at radius 2 is 0.902 bits per heavy atom. The molecule has 16 radical (unpaired) electrons. The first-order valence-corrected chi connectivity index (χ1v) is 16.6. The maximum absolute atomic E-state index is 6.99. The van der Waals surface area contributed by atoms with E-state index in [-0.39, 0.29) is 43.7 Å². The Bertz CT molecular complexity index is 2640. The lowest BCUT2D eigenvalue weighted by Gasteiger charge is -2.29. The van der Waals surface area contributed by atoms with Crippen molar-refractivity contribution in [1.82, 2.24) is 9.55 Å². The number of hydrogen-bond donors (Lipinski definition) is 0. The van der Waals surface area contributed by atoms with Crippen LogP contribution in [0.15, 0.2) is 103 Å². The van der Waals surface area contributed by atoms with Gasteiger partial charge in [-0.3, -0.25) is 4.57 Å². The molecule has 0 spiro atoms. The Kier molecular flexibility index (Phi) is 8.25. The molecule has 0 aliphatic heterocycles. The van der Waals surface area contributed by atoms with Crippen LogP contribution in [0, 0.1) is 0 Å². The van der Waals surface area contributed by atoms with E-state index in [0.717, 1.165) is 51.2 Å². The molecule has 0 N–H and O–H groups in total. The molecule has 0 saturated carbocycles. The van der Waals surface area contributed by atoms with Crippen molar-refractivity contribution < 1.29 is 0 Å². The minimum atomic E-state index is 0.171. The molecule has 0 bridgehead atoms. The number of para-hydroxylation sites is 2. The molecule has 8 aromatic rings. The lowest BCUT2D eigenvalue weighted by atomic mass is 9.59. The van der Waals surface area contributed by atoms with Crippen molar-refractivity contribution in [1.29, 1.82) is 0 Å². The number of hydrogen-bond acceptors (Lipinski definition) is 1. The number of rotatable bonds is 5. The molecule has 0 saturated heterocycles. The second kappa shape index (κ2) is 12.7. The SMILES string of the molecule is [B]c1c([B])c([B])c2c(-c3cccc(-n4c(CC)nc5ccccc54)c3)c3c([B])c([B])c([B])c([B])c3c(-c3cccc(-c4ccccc4)c3)c2c1[B]. The maximum atomic E-state index is 6.99. The van der Waals surface area contributed by atoms with Gasteiger partial charge in [-0.25, -0.2) is 4.98 Å². The third-order valence-electron chi connectivity index (χ3n) is 9.92. The zero-order valence-electron chi connectivity index (χ0n) is 28.0. The first-order valence-electron chi connectivity index (χ1n) is 16.6. The van der Waals surface area contributed by atoms with Gasteiger partial charge in [0.25, 0.3) is 0 Å². The zero-order chi connectivity index (χ0) is 35.7. The second-order valence-corrected chi connectivity index (χ2v) is 12.8. The van der Waals surface area contributed by atoms with Crippen LogP contribution in [-0.4, -0.2) is 72.3 Å². The summed E-state index contributed by atoms with van der Waals surface area (Å²) in [6.07, 6.45) is 0.722. The molecular formula is C41H22B8N2. The van der Waals surface area contributed by atoms with Gasteiger partial charge in [-0.2, -0.15) is 0 Å². The van der Waals surface area contributed by atoms with Crippen LogP contribution in [0.25, 0.3) is 71.6 Å². The Morgan fingerprint density at radius 1 is 0.451 bits per heavy atom. The third kappa shape index (κ3) is 5.09. The number of benzene rings is 7. The van der Waals surface area contributed by atoms with Crippen LogP contribution in [0.3, 0.4) is 0 Å². The predicted octanol–water partition coefficient (Wildman–Crippen LogP) is 1.25. The zero-order valence-corrected chi connectivity index (χ0v) is 28.0. The van der Waals surface area contributed by atoms with E-state index in [1.807, 2.05) is 72.8 Å². The van der Waals surface area contributed by atoms with Crippen molar-refractivity contribution in [3.63, 3.8) is 0 Å². The van der Waals surface area contributed by atoms with E-state index in [2.05, 4.69) is 41.8 Å². The number of fused-ring (bicyclic) bond motifs is 3. The summed E-state index contributed by atoms with van der Waals surface area (Å²) in [5, 5.41) is 2.31. The minimum Gasteiger partial charge on any atom is -0.296 e. The van der Waals surface area contributed by atoms with E-state index >= 15 is 0 Å². The minimum absolute atomic E-state index is 0.171. The summed E-state index contributed by atoms with van der Waals surface area (Å²) < 4.78 is 2.15. The lowest BCUT2D eigenvalue weighted by Crippen LogP contribution is -2.50. The second-order valence-electron chi connectivity index (χ2n) is 12.8. The number of imidazole rings is 1. The Balaban J connectivity index is 1.57. The summed E-state index contributed by atoms with van der Waals surface area (Å²) in [6.45, 7) is 2.08. The van der Waals surface area contributed by atoms with Crippen molar-refractivity contribution in [2.45, 2.75) is 13.3 Å². The molecule has 1 heterocycles. The Labute approximate surface area is 308 Å². The molecule has 0 aliphatic rings. The van der Waals surface area contributed by atoms with Crippen molar-refractivity contribution in [2.75, 3.05) is 0 Å². The van der Waals surface area contributed by atoms with Gasteiger partial charge in [-0.15, -0.1) is 21.9 Å². The first-order chi connectivity index (χ1) is 24.6. The van der Waals surface area contributed by atoms with Gasteiger partial charge in [0.1, 0.15) is 68.6 Å². The first kappa shape index (κ1) is 33.2. The molecule has 0 unspecified atom stereocenters. The summed E-state index contributed by atoms with van der Waals surface area (Å²) in [4.78, 5) is 4.91. The van der Waals surface area contributed by atoms with Crippen LogP contribution in [0.5, 0.6) is 0 Å². The van der Waals surface area contributed by atoms with Crippen LogP contribution in [-0.2, 0) is 6.42 Å². The van der Waals surface area contributed by atoms with E-state index < -0.39 is 0 Å². The highest BCUT2D eigenvalue weighted by Gasteiger charge is 2.25. The van der Waals surface area contributed by atoms with Crippen LogP contribution in [0.4, 0.5) is 0 Å². The molecule has 0 atom stereocenters. The summed E-state index contributed by atoms with van der Waals surface area (Å²) >= 11 is 0. The van der Waals surface area contributed by atoms with Crippen molar-refractivity contribution in [3.8, 4) is 39.1 Å². The van der Waals surface area contributed by atoms with Gasteiger partial charge in [0.2, 0.25) is 0 Å². The van der Waals surface area contributed by atoms with E-state index in [1.54, 1.807) is 0 Å². The van der Waals surface area contributed by atoms with Gasteiger partial charge in [0.15, 0.2) is 0 Å². The summed E-state index contributed by atoms with van der Waals surface area (Å²) in [6, 6.07) is 34.3. The van der Waals surface area contributed by atoms with Crippen LogP contribution >= 0.6 is 0 Å². The average Bonchev–Trinajstić information content (AvgIpc) is 3.56. The monoisotopic (exact) mass is 630 g/mol. The van der Waals surface area contributed by atoms with Gasteiger partial charge >= 0.3 is 0 Å². The van der Waals surface area contributed by atoms with E-state index in [9.17, 15) is 0 Å². The van der Waals surface area contributed by atoms with E-state index in [0.29, 0.717) is 32.7 Å². The molecule has 0 fully saturated rings. The van der Waals surface area contributed by atoms with Gasteiger partial charge in [0.05, 0.1) is 11.0 Å². The quantitative estimate of drug-likeness (QED) is 0.207. The molecule has 7 aromatic carbocycles. The van der Waals surface area contributed by atoms with Gasteiger partial charge in [0, 0.05) is 12.1 Å². The van der Waals surface area contributed by atoms with Crippen LogP contribution in [0.2, 0.25) is 0 Å². The molecular weight excluding hydrogens is 607 g/mol. The lowest BCUT2D eigenvalue weighted by molar-refractivity contribution is 0.908. The molecule has 51 heavy (non-hydrogen) atoms. The van der Waals surface area contributed by atoms with Crippen LogP contribution < -0.4 is 43.7 Å². The van der Waals surface area contributed by atoms with Gasteiger partial charge < -0.3 is 0 Å². The van der Waals surface area contributed by atoms with Crippen molar-refractivity contribution in [2.24, 2.45) is 0 Å². The summed E-state index contributed by atoms with van der Waals surface area (Å²) in [7, 11) is 54.4. The Morgan fingerprint density at radius 3 is 1.45 bits per heavy atom. The predicted molar refractivity (Wildman–Crippen MR) is 225 cm³/mol. The number of aromatic nitrogens is 2. The fourth-order valence-corrected chi connectivity index (χ4v) is 7.41. The standard InChI is InChI=1S/C41H22B8N2/c1-2-27-50-25-16-6-7-17-26(25)51(27)24-15-9-14-23(19-24)29-32-30(34(42)38(46)40(48)36(32)44)28(31-33(29)37(45)41(49)39(47)35(31)43)22-13-8-12-21(18-22)20-10-4-3-5-11-20/h3-19H,2H2,1H3. The molecule has 8 rings (SSSR count). The van der Waals surface area contributed by atoms with Crippen molar-refractivity contribution >= 4 is 139 Å². The molecule has 1 aromatic heterocycles. The van der Waals surface area contributed by atoms with Crippen molar-refractivity contribution in [3.05, 3.63) is 109 Å². The topological polar surface area (TPSA) is 17.8 Å². The fraction of sp³-hybridized carbons (Fsp3) is 0.0488. The highest BCUT2D eigenvalue weighted by molar-refractivity contribution is 6.71. The summed E-state index contributed by atoms with van der Waals surface area (Å²) in [5.74, 6) is 0.915. The third-order valence-corrected chi connectivity index (χ3v) is 9.92. The molecule has 0 amide bonds.